The van der Waals surface area contributed by atoms with Crippen molar-refractivity contribution in [3.63, 3.8) is 0 Å². The largest absolute Gasteiger partial charge is 0.489 e. The number of non-ortho nitro benzene ring substituents is 1. The highest BCUT2D eigenvalue weighted by Gasteiger charge is 2.12. The quantitative estimate of drug-likeness (QED) is 0.153. The van der Waals surface area contributed by atoms with Crippen molar-refractivity contribution in [2.75, 3.05) is 44.3 Å². The van der Waals surface area contributed by atoms with Crippen molar-refractivity contribution in [1.29, 1.82) is 0 Å². The number of azide groups is 2. The van der Waals surface area contributed by atoms with Gasteiger partial charge >= 0.3 is 0 Å². The number of anilines is 1. The van der Waals surface area contributed by atoms with Gasteiger partial charge in [-0.3, -0.25) is 10.1 Å². The van der Waals surface area contributed by atoms with E-state index < -0.39 is 4.92 Å². The number of rotatable bonds is 13. The molecule has 0 aromatic heterocycles. The van der Waals surface area contributed by atoms with E-state index in [0.29, 0.717) is 18.8 Å². The Labute approximate surface area is 182 Å². The summed E-state index contributed by atoms with van der Waals surface area (Å²) < 4.78 is 5.33. The van der Waals surface area contributed by atoms with Crippen molar-refractivity contribution in [2.24, 2.45) is 20.5 Å². The number of hydrogen-bond acceptors (Lipinski definition) is 9. The molecule has 2 aromatic carbocycles. The standard InChI is InChI=1S/C18H20N10O4/c19-25-21-7-9-27(10-8-22-26-20)15-3-1-14(2-4-15)23-24-17-6-5-16(28(30)31)13-18(17)32-12-11-29/h1-6,13,29H,7-12H2. The van der Waals surface area contributed by atoms with E-state index in [-0.39, 0.29) is 43.4 Å². The van der Waals surface area contributed by atoms with Crippen LogP contribution in [0.1, 0.15) is 0 Å². The molecule has 0 saturated carbocycles. The maximum atomic E-state index is 11.0. The van der Waals surface area contributed by atoms with Crippen LogP contribution >= 0.6 is 0 Å². The lowest BCUT2D eigenvalue weighted by molar-refractivity contribution is -0.384. The third-order valence-electron chi connectivity index (χ3n) is 4.06. The van der Waals surface area contributed by atoms with E-state index >= 15 is 0 Å². The Morgan fingerprint density at radius 2 is 1.69 bits per heavy atom. The van der Waals surface area contributed by atoms with Crippen LogP contribution < -0.4 is 9.64 Å². The summed E-state index contributed by atoms with van der Waals surface area (Å²) in [7, 11) is 0. The van der Waals surface area contributed by atoms with Gasteiger partial charge in [0.1, 0.15) is 12.3 Å². The van der Waals surface area contributed by atoms with Gasteiger partial charge in [-0.2, -0.15) is 5.11 Å². The van der Waals surface area contributed by atoms with Gasteiger partial charge in [-0.25, -0.2) is 0 Å². The van der Waals surface area contributed by atoms with Crippen molar-refractivity contribution in [3.8, 4) is 5.75 Å². The smallest absolute Gasteiger partial charge is 0.273 e. The predicted octanol–water partition coefficient (Wildman–Crippen LogP) is 4.81. The van der Waals surface area contributed by atoms with Gasteiger partial charge in [-0.05, 0) is 41.4 Å². The Balaban J connectivity index is 2.18. The lowest BCUT2D eigenvalue weighted by Gasteiger charge is -2.23. The Bertz CT molecular complexity index is 1010. The maximum absolute atomic E-state index is 11.0. The minimum Gasteiger partial charge on any atom is -0.489 e. The summed E-state index contributed by atoms with van der Waals surface area (Å²) in [6.45, 7) is 1.10. The summed E-state index contributed by atoms with van der Waals surface area (Å²) in [6.07, 6.45) is 0. The van der Waals surface area contributed by atoms with Gasteiger partial charge < -0.3 is 14.7 Å². The Kier molecular flexibility index (Phi) is 9.73. The number of ether oxygens (including phenoxy) is 1. The molecule has 0 bridgehead atoms. The minimum absolute atomic E-state index is 0.0418. The Morgan fingerprint density at radius 3 is 2.25 bits per heavy atom. The summed E-state index contributed by atoms with van der Waals surface area (Å²) in [5, 5.41) is 35.2. The van der Waals surface area contributed by atoms with Crippen LogP contribution in [0.3, 0.4) is 0 Å². The van der Waals surface area contributed by atoms with Crippen molar-refractivity contribution < 1.29 is 14.8 Å². The normalized spacial score (nSPS) is 10.3. The molecule has 0 radical (unpaired) electrons. The molecule has 0 aliphatic rings. The number of nitro groups is 1. The summed E-state index contributed by atoms with van der Waals surface area (Å²) >= 11 is 0. The molecule has 0 aliphatic carbocycles. The molecule has 0 unspecified atom stereocenters. The van der Waals surface area contributed by atoms with E-state index in [4.69, 9.17) is 20.9 Å². The molecule has 1 N–H and O–H groups in total. The molecule has 0 spiro atoms. The number of nitrogens with zero attached hydrogens (tertiary/aromatic N) is 10. The molecular formula is C18H20N10O4. The summed E-state index contributed by atoms with van der Waals surface area (Å²) in [5.74, 6) is 0.135. The van der Waals surface area contributed by atoms with Crippen LogP contribution in [0.5, 0.6) is 5.75 Å². The average molecular weight is 440 g/mol. The summed E-state index contributed by atoms with van der Waals surface area (Å²) in [4.78, 5) is 17.8. The third-order valence-corrected chi connectivity index (χ3v) is 4.06. The summed E-state index contributed by atoms with van der Waals surface area (Å²) in [5.41, 5.74) is 18.4. The highest BCUT2D eigenvalue weighted by Crippen LogP contribution is 2.33. The van der Waals surface area contributed by atoms with Crippen LogP contribution in [0, 0.1) is 10.1 Å². The van der Waals surface area contributed by atoms with Crippen molar-refractivity contribution in [3.05, 3.63) is 73.5 Å². The van der Waals surface area contributed by atoms with E-state index in [1.165, 1.54) is 18.2 Å². The zero-order valence-corrected chi connectivity index (χ0v) is 16.9. The van der Waals surface area contributed by atoms with E-state index in [9.17, 15) is 10.1 Å². The zero-order valence-electron chi connectivity index (χ0n) is 16.9. The molecule has 0 atom stereocenters. The fourth-order valence-electron chi connectivity index (χ4n) is 2.60. The molecule has 2 aromatic rings. The first-order valence-corrected chi connectivity index (χ1v) is 9.39. The molecule has 0 heterocycles. The number of aliphatic hydroxyl groups is 1. The number of azo groups is 1. The number of benzene rings is 2. The molecule has 0 amide bonds. The molecule has 0 aliphatic heterocycles. The van der Waals surface area contributed by atoms with Crippen molar-refractivity contribution in [2.45, 2.75) is 0 Å². The molecular weight excluding hydrogens is 420 g/mol. The zero-order chi connectivity index (χ0) is 23.2. The van der Waals surface area contributed by atoms with Gasteiger partial charge in [0.15, 0.2) is 5.75 Å². The van der Waals surface area contributed by atoms with Gasteiger partial charge in [0.05, 0.1) is 23.3 Å². The van der Waals surface area contributed by atoms with Crippen LogP contribution in [0.15, 0.2) is 62.9 Å². The molecule has 14 nitrogen and oxygen atoms in total. The first-order valence-electron chi connectivity index (χ1n) is 9.39. The van der Waals surface area contributed by atoms with Crippen molar-refractivity contribution >= 4 is 22.7 Å². The van der Waals surface area contributed by atoms with Gasteiger partial charge in [0, 0.05) is 47.8 Å². The SMILES string of the molecule is [N-]=[N+]=NCCN(CCN=[N+]=[N-])c1ccc(N=Nc2ccc([N+](=O)[O-])cc2OCCO)cc1. The van der Waals surface area contributed by atoms with Gasteiger partial charge in [-0.15, -0.1) is 5.11 Å². The van der Waals surface area contributed by atoms with Gasteiger partial charge in [0.25, 0.3) is 5.69 Å². The third kappa shape index (κ3) is 7.46. The molecule has 0 fully saturated rings. The molecule has 32 heavy (non-hydrogen) atoms. The minimum atomic E-state index is -0.554. The van der Waals surface area contributed by atoms with E-state index in [2.05, 4.69) is 30.3 Å². The van der Waals surface area contributed by atoms with Crippen molar-refractivity contribution in [1.82, 2.24) is 0 Å². The molecule has 14 heteroatoms. The van der Waals surface area contributed by atoms with Gasteiger partial charge in [0.2, 0.25) is 0 Å². The Hall–Kier alpha value is -4.38. The van der Waals surface area contributed by atoms with Crippen LogP contribution in [0.4, 0.5) is 22.7 Å². The lowest BCUT2D eigenvalue weighted by atomic mass is 10.2. The molecule has 2 rings (SSSR count). The lowest BCUT2D eigenvalue weighted by Crippen LogP contribution is -2.28. The van der Waals surface area contributed by atoms with Crippen LogP contribution in [-0.2, 0) is 0 Å². The van der Waals surface area contributed by atoms with Gasteiger partial charge in [-0.1, -0.05) is 10.2 Å². The first-order chi connectivity index (χ1) is 15.6. The first kappa shape index (κ1) is 23.9. The number of nitro benzene ring substituents is 1. The second-order valence-electron chi connectivity index (χ2n) is 6.09. The topological polar surface area (TPSA) is 198 Å². The average Bonchev–Trinajstić information content (AvgIpc) is 2.81. The van der Waals surface area contributed by atoms with E-state index in [1.807, 2.05) is 4.90 Å². The fraction of sp³-hybridized carbons (Fsp3) is 0.333. The number of hydrogen-bond donors (Lipinski definition) is 1. The predicted molar refractivity (Wildman–Crippen MR) is 117 cm³/mol. The monoisotopic (exact) mass is 440 g/mol. The second-order valence-corrected chi connectivity index (χ2v) is 6.09. The van der Waals surface area contributed by atoms with Crippen LogP contribution in [-0.4, -0.2) is 49.4 Å². The highest BCUT2D eigenvalue weighted by atomic mass is 16.6. The van der Waals surface area contributed by atoms with Crippen LogP contribution in [0.2, 0.25) is 0 Å². The molecule has 0 saturated heterocycles. The Morgan fingerprint density at radius 1 is 1.03 bits per heavy atom. The van der Waals surface area contributed by atoms with E-state index in [0.717, 1.165) is 5.69 Å². The maximum Gasteiger partial charge on any atom is 0.273 e. The van der Waals surface area contributed by atoms with E-state index in [1.54, 1.807) is 24.3 Å². The summed E-state index contributed by atoms with van der Waals surface area (Å²) in [6, 6.07) is 10.9. The fourth-order valence-corrected chi connectivity index (χ4v) is 2.60. The second kappa shape index (κ2) is 13.0. The molecule has 166 valence electrons. The highest BCUT2D eigenvalue weighted by molar-refractivity contribution is 5.57. The number of aliphatic hydroxyl groups excluding tert-OH is 1. The van der Waals surface area contributed by atoms with Crippen LogP contribution in [0.25, 0.3) is 20.9 Å².